The molecule has 1 aliphatic carbocycles. The number of carbonyl (C=O) groups is 1. The zero-order valence-corrected chi connectivity index (χ0v) is 16.6. The van der Waals surface area contributed by atoms with Gasteiger partial charge in [-0.25, -0.2) is 4.39 Å². The summed E-state index contributed by atoms with van der Waals surface area (Å²) in [6, 6.07) is 6.70. The molecule has 0 radical (unpaired) electrons. The Morgan fingerprint density at radius 1 is 1.19 bits per heavy atom. The maximum Gasteiger partial charge on any atom is 0.223 e. The second kappa shape index (κ2) is 9.49. The van der Waals surface area contributed by atoms with E-state index in [9.17, 15) is 9.18 Å². The van der Waals surface area contributed by atoms with E-state index in [1.165, 1.54) is 23.3 Å². The summed E-state index contributed by atoms with van der Waals surface area (Å²) in [5.74, 6) is 0.208. The van der Waals surface area contributed by atoms with Crippen LogP contribution in [0.25, 0.3) is 0 Å². The van der Waals surface area contributed by atoms with Gasteiger partial charge < -0.3 is 5.32 Å². The van der Waals surface area contributed by atoms with E-state index < -0.39 is 0 Å². The number of fused-ring (bicyclic) bond motifs is 1. The molecule has 1 aliphatic heterocycles. The Morgan fingerprint density at radius 2 is 1.93 bits per heavy atom. The molecule has 0 saturated heterocycles. The summed E-state index contributed by atoms with van der Waals surface area (Å²) in [6.45, 7) is 3.17. The van der Waals surface area contributed by atoms with Gasteiger partial charge in [-0.05, 0) is 53.6 Å². The molecule has 2 heterocycles. The largest absolute Gasteiger partial charge is 0.352 e. The number of amides is 1. The topological polar surface area (TPSA) is 45.2 Å². The number of carbonyl (C=O) groups excluding carboxylic acids is 1. The standard InChI is InChI=1S/C20H22FN3O.2ClH/c21-18-5-1-14(2-6-18)12-24-8-7-19-16(9-22-10-17(19)13-24)11-23-20(25)15-3-4-15;;/h1-2,5-6,9-10,15H,3-4,7-8,11-13H2,(H,23,25);2*1H. The van der Waals surface area contributed by atoms with Crippen LogP contribution in [-0.2, 0) is 30.8 Å². The Balaban J connectivity index is 0.00000131. The van der Waals surface area contributed by atoms with Gasteiger partial charge >= 0.3 is 0 Å². The van der Waals surface area contributed by atoms with Gasteiger partial charge in [-0.1, -0.05) is 12.1 Å². The number of pyridine rings is 1. The van der Waals surface area contributed by atoms with Crippen molar-refractivity contribution < 1.29 is 9.18 Å². The second-order valence-electron chi connectivity index (χ2n) is 7.02. The molecule has 1 N–H and O–H groups in total. The molecule has 0 atom stereocenters. The van der Waals surface area contributed by atoms with Crippen molar-refractivity contribution in [2.24, 2.45) is 5.92 Å². The highest BCUT2D eigenvalue weighted by atomic mass is 35.5. The van der Waals surface area contributed by atoms with Crippen molar-refractivity contribution in [1.82, 2.24) is 15.2 Å². The van der Waals surface area contributed by atoms with Crippen molar-refractivity contribution >= 4 is 30.7 Å². The van der Waals surface area contributed by atoms with Crippen molar-refractivity contribution in [3.8, 4) is 0 Å². The maximum atomic E-state index is 13.0. The van der Waals surface area contributed by atoms with Crippen LogP contribution < -0.4 is 5.32 Å². The summed E-state index contributed by atoms with van der Waals surface area (Å²) in [6.07, 6.45) is 6.80. The first-order chi connectivity index (χ1) is 12.2. The van der Waals surface area contributed by atoms with Crippen LogP contribution in [0, 0.1) is 11.7 Å². The summed E-state index contributed by atoms with van der Waals surface area (Å²) in [5, 5.41) is 3.04. The summed E-state index contributed by atoms with van der Waals surface area (Å²) in [7, 11) is 0. The first-order valence-corrected chi connectivity index (χ1v) is 8.88. The lowest BCUT2D eigenvalue weighted by atomic mass is 9.96. The van der Waals surface area contributed by atoms with Crippen LogP contribution in [-0.4, -0.2) is 22.3 Å². The van der Waals surface area contributed by atoms with Crippen molar-refractivity contribution in [2.75, 3.05) is 6.54 Å². The zero-order valence-electron chi connectivity index (χ0n) is 15.0. The fourth-order valence-electron chi connectivity index (χ4n) is 3.43. The Bertz CT molecular complexity index is 781. The second-order valence-corrected chi connectivity index (χ2v) is 7.02. The highest BCUT2D eigenvalue weighted by Gasteiger charge is 2.29. The molecule has 2 aromatic rings. The molecule has 146 valence electrons. The summed E-state index contributed by atoms with van der Waals surface area (Å²) < 4.78 is 13.0. The van der Waals surface area contributed by atoms with Gasteiger partial charge in [0.15, 0.2) is 0 Å². The minimum Gasteiger partial charge on any atom is -0.352 e. The fourth-order valence-corrected chi connectivity index (χ4v) is 3.43. The molecule has 1 fully saturated rings. The number of halogens is 3. The normalized spacial score (nSPS) is 15.9. The maximum absolute atomic E-state index is 13.0. The fraction of sp³-hybridized carbons (Fsp3) is 0.400. The van der Waals surface area contributed by atoms with Crippen LogP contribution in [0.2, 0.25) is 0 Å². The zero-order chi connectivity index (χ0) is 17.2. The Labute approximate surface area is 171 Å². The summed E-state index contributed by atoms with van der Waals surface area (Å²) >= 11 is 0. The molecule has 4 rings (SSSR count). The molecule has 27 heavy (non-hydrogen) atoms. The van der Waals surface area contributed by atoms with E-state index >= 15 is 0 Å². The molecular weight excluding hydrogens is 388 g/mol. The van der Waals surface area contributed by atoms with Crippen molar-refractivity contribution in [3.05, 3.63) is 64.7 Å². The molecule has 1 aromatic heterocycles. The number of rotatable bonds is 5. The third-order valence-electron chi connectivity index (χ3n) is 5.03. The van der Waals surface area contributed by atoms with Gasteiger partial charge in [0.05, 0.1) is 0 Å². The highest BCUT2D eigenvalue weighted by Crippen LogP contribution is 2.29. The Kier molecular flexibility index (Phi) is 7.59. The first-order valence-electron chi connectivity index (χ1n) is 8.88. The third-order valence-corrected chi connectivity index (χ3v) is 5.03. The molecule has 0 unspecified atom stereocenters. The number of aromatic nitrogens is 1. The number of nitrogens with zero attached hydrogens (tertiary/aromatic N) is 2. The van der Waals surface area contributed by atoms with E-state index in [2.05, 4.69) is 15.2 Å². The first kappa shape index (κ1) is 21.6. The number of hydrogen-bond donors (Lipinski definition) is 1. The van der Waals surface area contributed by atoms with Gasteiger partial charge in [-0.15, -0.1) is 24.8 Å². The van der Waals surface area contributed by atoms with Gasteiger partial charge in [0, 0.05) is 44.5 Å². The highest BCUT2D eigenvalue weighted by molar-refractivity contribution is 5.85. The van der Waals surface area contributed by atoms with Crippen molar-refractivity contribution in [1.29, 1.82) is 0 Å². The smallest absolute Gasteiger partial charge is 0.223 e. The predicted molar refractivity (Wildman–Crippen MR) is 108 cm³/mol. The monoisotopic (exact) mass is 411 g/mol. The molecule has 1 amide bonds. The van der Waals surface area contributed by atoms with E-state index in [-0.39, 0.29) is 42.5 Å². The summed E-state index contributed by atoms with van der Waals surface area (Å²) in [4.78, 5) is 18.6. The van der Waals surface area contributed by atoms with E-state index in [1.54, 1.807) is 0 Å². The number of benzene rings is 1. The quantitative estimate of drug-likeness (QED) is 0.816. The average Bonchev–Trinajstić information content (AvgIpc) is 3.46. The van der Waals surface area contributed by atoms with Gasteiger partial charge in [0.25, 0.3) is 0 Å². The lowest BCUT2D eigenvalue weighted by Crippen LogP contribution is -2.32. The molecule has 1 aromatic carbocycles. The summed E-state index contributed by atoms with van der Waals surface area (Å²) in [5.41, 5.74) is 4.80. The van der Waals surface area contributed by atoms with E-state index in [0.29, 0.717) is 6.54 Å². The molecule has 4 nitrogen and oxygen atoms in total. The average molecular weight is 412 g/mol. The predicted octanol–water partition coefficient (Wildman–Crippen LogP) is 3.65. The minimum absolute atomic E-state index is 0. The molecule has 0 bridgehead atoms. The Morgan fingerprint density at radius 3 is 2.63 bits per heavy atom. The van der Waals surface area contributed by atoms with Gasteiger partial charge in [0.2, 0.25) is 5.91 Å². The molecule has 0 spiro atoms. The van der Waals surface area contributed by atoms with Crippen LogP contribution in [0.5, 0.6) is 0 Å². The Hall–Kier alpha value is -1.69. The number of hydrogen-bond acceptors (Lipinski definition) is 3. The van der Waals surface area contributed by atoms with Gasteiger partial charge in [-0.3, -0.25) is 14.7 Å². The van der Waals surface area contributed by atoms with Crippen LogP contribution in [0.1, 0.15) is 35.1 Å². The van der Waals surface area contributed by atoms with Crippen molar-refractivity contribution in [3.63, 3.8) is 0 Å². The van der Waals surface area contributed by atoms with E-state index in [4.69, 9.17) is 0 Å². The van der Waals surface area contributed by atoms with Gasteiger partial charge in [0.1, 0.15) is 5.82 Å². The van der Waals surface area contributed by atoms with Crippen molar-refractivity contribution in [2.45, 2.75) is 38.9 Å². The van der Waals surface area contributed by atoms with Crippen LogP contribution in [0.15, 0.2) is 36.7 Å². The SMILES string of the molecule is Cl.Cl.O=C(NCc1cncc2c1CCN(Cc1ccc(F)cc1)C2)C1CC1. The third kappa shape index (κ3) is 5.41. The minimum atomic E-state index is -0.199. The molecular formula is C20H24Cl2FN3O. The molecule has 1 saturated carbocycles. The molecule has 7 heteroatoms. The van der Waals surface area contributed by atoms with Crippen LogP contribution >= 0.6 is 24.8 Å². The van der Waals surface area contributed by atoms with Gasteiger partial charge in [-0.2, -0.15) is 0 Å². The number of nitrogens with one attached hydrogen (secondary N) is 1. The van der Waals surface area contributed by atoms with Crippen LogP contribution in [0.3, 0.4) is 0 Å². The molecule has 2 aliphatic rings. The lowest BCUT2D eigenvalue weighted by molar-refractivity contribution is -0.122. The lowest BCUT2D eigenvalue weighted by Gasteiger charge is -2.29. The van der Waals surface area contributed by atoms with E-state index in [0.717, 1.165) is 50.0 Å². The van der Waals surface area contributed by atoms with E-state index in [1.807, 2.05) is 24.5 Å². The van der Waals surface area contributed by atoms with Crippen LogP contribution in [0.4, 0.5) is 4.39 Å².